The average molecular weight is 244 g/mol. The monoisotopic (exact) mass is 244 g/mol. The molecule has 4 nitrogen and oxygen atoms in total. The standard InChI is InChI=1S/C11H20N2O2S/c1-4-5-9-10(14)12-8(2)11(15)13(9)6-7-16-3/h8-9H,4-7H2,1-3H3,(H,12,14). The van der Waals surface area contributed by atoms with Gasteiger partial charge in [-0.15, -0.1) is 0 Å². The third-order valence-corrected chi connectivity index (χ3v) is 3.38. The first-order chi connectivity index (χ1) is 7.61. The van der Waals surface area contributed by atoms with Gasteiger partial charge in [0.05, 0.1) is 0 Å². The topological polar surface area (TPSA) is 49.4 Å². The fourth-order valence-electron chi connectivity index (χ4n) is 1.93. The molecule has 0 spiro atoms. The van der Waals surface area contributed by atoms with Crippen LogP contribution in [-0.4, -0.2) is 47.4 Å². The highest BCUT2D eigenvalue weighted by molar-refractivity contribution is 7.98. The molecule has 16 heavy (non-hydrogen) atoms. The minimum Gasteiger partial charge on any atom is -0.343 e. The van der Waals surface area contributed by atoms with Crippen molar-refractivity contribution in [2.24, 2.45) is 0 Å². The molecular formula is C11H20N2O2S. The van der Waals surface area contributed by atoms with Crippen molar-refractivity contribution in [1.29, 1.82) is 0 Å². The SMILES string of the molecule is CCCC1C(=O)NC(C)C(=O)N1CCSC. The second-order valence-electron chi connectivity index (χ2n) is 4.06. The first-order valence-corrected chi connectivity index (χ1v) is 7.11. The van der Waals surface area contributed by atoms with Gasteiger partial charge in [-0.25, -0.2) is 0 Å². The van der Waals surface area contributed by atoms with Gasteiger partial charge in [-0.2, -0.15) is 11.8 Å². The van der Waals surface area contributed by atoms with Crippen LogP contribution in [0, 0.1) is 0 Å². The van der Waals surface area contributed by atoms with Crippen molar-refractivity contribution >= 4 is 23.6 Å². The summed E-state index contributed by atoms with van der Waals surface area (Å²) in [5.74, 6) is 0.925. The van der Waals surface area contributed by atoms with Crippen molar-refractivity contribution in [3.8, 4) is 0 Å². The van der Waals surface area contributed by atoms with E-state index in [4.69, 9.17) is 0 Å². The van der Waals surface area contributed by atoms with E-state index in [0.29, 0.717) is 6.54 Å². The Morgan fingerprint density at radius 1 is 1.44 bits per heavy atom. The van der Waals surface area contributed by atoms with E-state index in [1.807, 2.05) is 13.2 Å². The van der Waals surface area contributed by atoms with Crippen LogP contribution >= 0.6 is 11.8 Å². The minimum absolute atomic E-state index is 0.00458. The summed E-state index contributed by atoms with van der Waals surface area (Å²) >= 11 is 1.69. The molecule has 2 atom stereocenters. The Balaban J connectivity index is 2.75. The van der Waals surface area contributed by atoms with Crippen LogP contribution in [0.3, 0.4) is 0 Å². The molecule has 1 rings (SSSR count). The quantitative estimate of drug-likeness (QED) is 0.780. The molecule has 1 aliphatic heterocycles. The van der Waals surface area contributed by atoms with Gasteiger partial charge in [0.1, 0.15) is 12.1 Å². The Bertz CT molecular complexity index is 271. The maximum atomic E-state index is 12.0. The Hall–Kier alpha value is -0.710. The second kappa shape index (κ2) is 6.13. The summed E-state index contributed by atoms with van der Waals surface area (Å²) < 4.78 is 0. The maximum Gasteiger partial charge on any atom is 0.245 e. The van der Waals surface area contributed by atoms with Crippen molar-refractivity contribution in [2.45, 2.75) is 38.8 Å². The molecule has 92 valence electrons. The highest BCUT2D eigenvalue weighted by Crippen LogP contribution is 2.15. The number of hydrogen-bond donors (Lipinski definition) is 1. The number of hydrogen-bond acceptors (Lipinski definition) is 3. The Morgan fingerprint density at radius 2 is 2.12 bits per heavy atom. The molecular weight excluding hydrogens is 224 g/mol. The molecule has 0 bridgehead atoms. The number of piperazine rings is 1. The van der Waals surface area contributed by atoms with E-state index in [2.05, 4.69) is 5.32 Å². The smallest absolute Gasteiger partial charge is 0.245 e. The molecule has 0 aromatic heterocycles. The van der Waals surface area contributed by atoms with Gasteiger partial charge in [0, 0.05) is 12.3 Å². The molecule has 5 heteroatoms. The maximum absolute atomic E-state index is 12.0. The Labute approximate surface area is 101 Å². The van der Waals surface area contributed by atoms with Crippen LogP contribution in [0.1, 0.15) is 26.7 Å². The number of nitrogens with one attached hydrogen (secondary N) is 1. The van der Waals surface area contributed by atoms with Crippen LogP contribution in [-0.2, 0) is 9.59 Å². The lowest BCUT2D eigenvalue weighted by atomic mass is 10.0. The van der Waals surface area contributed by atoms with E-state index in [1.54, 1.807) is 23.6 Å². The Morgan fingerprint density at radius 3 is 2.69 bits per heavy atom. The first-order valence-electron chi connectivity index (χ1n) is 5.71. The van der Waals surface area contributed by atoms with Crippen LogP contribution in [0.4, 0.5) is 0 Å². The van der Waals surface area contributed by atoms with Gasteiger partial charge in [0.2, 0.25) is 11.8 Å². The van der Waals surface area contributed by atoms with Crippen LogP contribution in [0.25, 0.3) is 0 Å². The van der Waals surface area contributed by atoms with Gasteiger partial charge < -0.3 is 10.2 Å². The molecule has 0 aliphatic carbocycles. The summed E-state index contributed by atoms with van der Waals surface area (Å²) in [6, 6.07) is -0.636. The lowest BCUT2D eigenvalue weighted by Crippen LogP contribution is -2.62. The average Bonchev–Trinajstić information content (AvgIpc) is 2.25. The summed E-state index contributed by atoms with van der Waals surface area (Å²) in [7, 11) is 0. The second-order valence-corrected chi connectivity index (χ2v) is 5.04. The number of amides is 2. The van der Waals surface area contributed by atoms with E-state index in [1.165, 1.54) is 0 Å². The van der Waals surface area contributed by atoms with Crippen LogP contribution in [0.2, 0.25) is 0 Å². The summed E-state index contributed by atoms with van der Waals surface area (Å²) in [6.07, 6.45) is 3.67. The molecule has 0 saturated carbocycles. The molecule has 0 aromatic rings. The number of carbonyl (C=O) groups excluding carboxylic acids is 2. The summed E-state index contributed by atoms with van der Waals surface area (Å²) in [5, 5.41) is 2.73. The van der Waals surface area contributed by atoms with Gasteiger partial charge in [-0.3, -0.25) is 9.59 Å². The van der Waals surface area contributed by atoms with Crippen molar-refractivity contribution < 1.29 is 9.59 Å². The number of carbonyl (C=O) groups is 2. The fourth-order valence-corrected chi connectivity index (χ4v) is 2.31. The molecule has 1 fully saturated rings. The van der Waals surface area contributed by atoms with Crippen molar-refractivity contribution in [1.82, 2.24) is 10.2 Å². The predicted molar refractivity (Wildman–Crippen MR) is 66.4 cm³/mol. The van der Waals surface area contributed by atoms with E-state index in [9.17, 15) is 9.59 Å². The van der Waals surface area contributed by atoms with Crippen molar-refractivity contribution in [3.05, 3.63) is 0 Å². The normalized spacial score (nSPS) is 25.8. The Kier molecular flexibility index (Phi) is 5.12. The lowest BCUT2D eigenvalue weighted by Gasteiger charge is -2.37. The van der Waals surface area contributed by atoms with Gasteiger partial charge in [-0.05, 0) is 19.6 Å². The predicted octanol–water partition coefficient (Wildman–Crippen LogP) is 0.865. The molecule has 1 N–H and O–H groups in total. The molecule has 2 amide bonds. The summed E-state index contributed by atoms with van der Waals surface area (Å²) in [5.41, 5.74) is 0. The molecule has 1 heterocycles. The number of nitrogens with zero attached hydrogens (tertiary/aromatic N) is 1. The van der Waals surface area contributed by atoms with Crippen molar-refractivity contribution in [3.63, 3.8) is 0 Å². The molecule has 2 unspecified atom stereocenters. The summed E-state index contributed by atoms with van der Waals surface area (Å²) in [6.45, 7) is 4.44. The van der Waals surface area contributed by atoms with Crippen molar-refractivity contribution in [2.75, 3.05) is 18.6 Å². The zero-order valence-electron chi connectivity index (χ0n) is 10.2. The van der Waals surface area contributed by atoms with Crippen LogP contribution < -0.4 is 5.32 Å². The largest absolute Gasteiger partial charge is 0.343 e. The van der Waals surface area contributed by atoms with Gasteiger partial charge in [-0.1, -0.05) is 13.3 Å². The third kappa shape index (κ3) is 2.90. The molecule has 0 aromatic carbocycles. The highest BCUT2D eigenvalue weighted by Gasteiger charge is 2.37. The van der Waals surface area contributed by atoms with E-state index in [-0.39, 0.29) is 23.9 Å². The minimum atomic E-state index is -0.373. The molecule has 1 aliphatic rings. The van der Waals surface area contributed by atoms with Gasteiger partial charge >= 0.3 is 0 Å². The highest BCUT2D eigenvalue weighted by atomic mass is 32.2. The zero-order valence-corrected chi connectivity index (χ0v) is 11.0. The third-order valence-electron chi connectivity index (χ3n) is 2.79. The van der Waals surface area contributed by atoms with Gasteiger partial charge in [0.15, 0.2) is 0 Å². The first kappa shape index (κ1) is 13.4. The van der Waals surface area contributed by atoms with E-state index in [0.717, 1.165) is 18.6 Å². The van der Waals surface area contributed by atoms with Crippen LogP contribution in [0.15, 0.2) is 0 Å². The molecule has 0 radical (unpaired) electrons. The summed E-state index contributed by atoms with van der Waals surface area (Å²) in [4.78, 5) is 25.5. The zero-order chi connectivity index (χ0) is 12.1. The molecule has 1 saturated heterocycles. The number of thioether (sulfide) groups is 1. The fraction of sp³-hybridized carbons (Fsp3) is 0.818. The lowest BCUT2D eigenvalue weighted by molar-refractivity contribution is -0.148. The van der Waals surface area contributed by atoms with Crippen LogP contribution in [0.5, 0.6) is 0 Å². The van der Waals surface area contributed by atoms with Gasteiger partial charge in [0.25, 0.3) is 0 Å². The van der Waals surface area contributed by atoms with E-state index < -0.39 is 0 Å². The van der Waals surface area contributed by atoms with E-state index >= 15 is 0 Å². The number of rotatable bonds is 5.